The summed E-state index contributed by atoms with van der Waals surface area (Å²) in [6, 6.07) is 80.1. The van der Waals surface area contributed by atoms with E-state index in [1.54, 1.807) is 12.2 Å². The number of carbonyl (C=O) groups is 3. The Morgan fingerprint density at radius 1 is 0.382 bits per heavy atom. The highest BCUT2D eigenvalue weighted by Gasteiger charge is 2.42. The summed E-state index contributed by atoms with van der Waals surface area (Å²) in [5.74, 6) is -3.73. The predicted molar refractivity (Wildman–Crippen MR) is 309 cm³/mol. The molecule has 0 spiro atoms. The van der Waals surface area contributed by atoms with Gasteiger partial charge in [-0.2, -0.15) is 0 Å². The van der Waals surface area contributed by atoms with Gasteiger partial charge in [0.15, 0.2) is 0 Å². The average molecular weight is 1010 g/mol. The van der Waals surface area contributed by atoms with E-state index in [2.05, 4.69) is 85.3 Å². The molecule has 0 radical (unpaired) electrons. The highest BCUT2D eigenvalue weighted by molar-refractivity contribution is 5.74. The molecule has 76 heavy (non-hydrogen) atoms. The summed E-state index contributed by atoms with van der Waals surface area (Å²) in [7, 11) is 0. The Kier molecular flexibility index (Phi) is 22.2. The smallest absolute Gasteiger partial charge is 0.309 e. The SMILES string of the molecule is C=C[C@H](c1ccccc1)[C@H](C(=O)O)[C@H](c1ccccc1)N(Cc1ccccc1)[C@@H](C)c1ccccc1.C=C[C@H](c1ccccc1)[C@H](C(=O)O)[C@H](c1ccccc1)N(Cc1ccccc1)[C@@H](C)c1ccccc1.CC(C)=O. The van der Waals surface area contributed by atoms with Crippen LogP contribution in [0.2, 0.25) is 0 Å². The first-order valence-electron chi connectivity index (χ1n) is 26.0. The molecule has 0 saturated heterocycles. The zero-order valence-electron chi connectivity index (χ0n) is 44.2. The Hall–Kier alpha value is -8.23. The van der Waals surface area contributed by atoms with Crippen molar-refractivity contribution in [1.82, 2.24) is 9.80 Å². The second-order valence-corrected chi connectivity index (χ2v) is 19.2. The molecule has 388 valence electrons. The molecule has 0 aromatic heterocycles. The summed E-state index contributed by atoms with van der Waals surface area (Å²) in [5, 5.41) is 21.5. The zero-order chi connectivity index (χ0) is 54.2. The maximum Gasteiger partial charge on any atom is 0.309 e. The molecule has 8 rings (SSSR count). The molecule has 8 atom stereocenters. The number of benzene rings is 8. The normalized spacial score (nSPS) is 14.1. The lowest BCUT2D eigenvalue weighted by Crippen LogP contribution is -2.40. The second kappa shape index (κ2) is 29.6. The number of nitrogens with zero attached hydrogens (tertiary/aromatic N) is 2. The number of Topliss-reactive ketones (excluding diaryl/α,β-unsaturated/α-hetero) is 1. The third-order valence-electron chi connectivity index (χ3n) is 13.9. The third kappa shape index (κ3) is 15.9. The maximum atomic E-state index is 13.1. The van der Waals surface area contributed by atoms with Crippen LogP contribution in [0.15, 0.2) is 268 Å². The van der Waals surface area contributed by atoms with Crippen molar-refractivity contribution in [2.75, 3.05) is 0 Å². The van der Waals surface area contributed by atoms with Gasteiger partial charge in [-0.05, 0) is 72.2 Å². The van der Waals surface area contributed by atoms with E-state index in [-0.39, 0.29) is 29.7 Å². The Balaban J connectivity index is 0.000000230. The van der Waals surface area contributed by atoms with Gasteiger partial charge in [-0.3, -0.25) is 19.4 Å². The van der Waals surface area contributed by atoms with Crippen molar-refractivity contribution in [3.05, 3.63) is 312 Å². The monoisotopic (exact) mass is 1010 g/mol. The molecule has 0 aliphatic heterocycles. The number of rotatable bonds is 22. The lowest BCUT2D eigenvalue weighted by Gasteiger charge is -2.42. The van der Waals surface area contributed by atoms with Crippen LogP contribution < -0.4 is 0 Å². The molecule has 0 unspecified atom stereocenters. The minimum absolute atomic E-state index is 0.0281. The van der Waals surface area contributed by atoms with E-state index in [0.717, 1.165) is 44.5 Å². The average Bonchev–Trinajstić information content (AvgIpc) is 3.46. The van der Waals surface area contributed by atoms with E-state index >= 15 is 0 Å². The lowest BCUT2D eigenvalue weighted by molar-refractivity contribution is -0.146. The Morgan fingerprint density at radius 2 is 0.592 bits per heavy atom. The summed E-state index contributed by atoms with van der Waals surface area (Å²) < 4.78 is 0. The molecule has 7 heteroatoms. The highest BCUT2D eigenvalue weighted by atomic mass is 16.4. The molecular weight excluding hydrogens is 937 g/mol. The minimum atomic E-state index is -0.837. The molecule has 7 nitrogen and oxygen atoms in total. The fraction of sp³-hybridized carbons (Fsp3) is 0.203. The van der Waals surface area contributed by atoms with E-state index < -0.39 is 35.9 Å². The van der Waals surface area contributed by atoms with E-state index in [4.69, 9.17) is 0 Å². The van der Waals surface area contributed by atoms with Gasteiger partial charge in [0.2, 0.25) is 0 Å². The molecule has 0 heterocycles. The van der Waals surface area contributed by atoms with Crippen LogP contribution in [0.4, 0.5) is 0 Å². The number of carbonyl (C=O) groups excluding carboxylic acids is 1. The van der Waals surface area contributed by atoms with Gasteiger partial charge >= 0.3 is 11.9 Å². The van der Waals surface area contributed by atoms with Crippen LogP contribution in [0.3, 0.4) is 0 Å². The summed E-state index contributed by atoms with van der Waals surface area (Å²) in [6.45, 7) is 16.8. The largest absolute Gasteiger partial charge is 0.481 e. The predicted octanol–water partition coefficient (Wildman–Crippen LogP) is 15.9. The first kappa shape index (κ1) is 57.1. The maximum absolute atomic E-state index is 13.1. The molecule has 8 aromatic carbocycles. The van der Waals surface area contributed by atoms with E-state index in [1.165, 1.54) is 13.8 Å². The quantitative estimate of drug-likeness (QED) is 0.0653. The van der Waals surface area contributed by atoms with Crippen molar-refractivity contribution in [2.45, 2.75) is 76.8 Å². The summed E-state index contributed by atoms with van der Waals surface area (Å²) in [6.07, 6.45) is 3.58. The van der Waals surface area contributed by atoms with Gasteiger partial charge in [0.1, 0.15) is 5.78 Å². The molecule has 0 fully saturated rings. The number of hydrogen-bond acceptors (Lipinski definition) is 5. The molecule has 2 N–H and O–H groups in total. The van der Waals surface area contributed by atoms with Gasteiger partial charge in [-0.25, -0.2) is 0 Å². The van der Waals surface area contributed by atoms with Crippen molar-refractivity contribution in [3.63, 3.8) is 0 Å². The molecule has 8 aromatic rings. The van der Waals surface area contributed by atoms with Crippen LogP contribution in [0, 0.1) is 11.8 Å². The second-order valence-electron chi connectivity index (χ2n) is 19.2. The van der Waals surface area contributed by atoms with Gasteiger partial charge in [-0.15, -0.1) is 13.2 Å². The fourth-order valence-corrected chi connectivity index (χ4v) is 10.2. The van der Waals surface area contributed by atoms with E-state index in [9.17, 15) is 24.6 Å². The fourth-order valence-electron chi connectivity index (χ4n) is 10.2. The number of carboxylic acid groups (broad SMARTS) is 2. The van der Waals surface area contributed by atoms with Gasteiger partial charge in [-0.1, -0.05) is 255 Å². The number of aliphatic carboxylic acids is 2. The van der Waals surface area contributed by atoms with Crippen LogP contribution in [-0.2, 0) is 27.5 Å². The number of hydrogen-bond donors (Lipinski definition) is 2. The first-order valence-corrected chi connectivity index (χ1v) is 26.0. The van der Waals surface area contributed by atoms with Crippen LogP contribution in [0.5, 0.6) is 0 Å². The first-order chi connectivity index (χ1) is 36.9. The minimum Gasteiger partial charge on any atom is -0.481 e. The van der Waals surface area contributed by atoms with E-state index in [1.807, 2.05) is 194 Å². The topological polar surface area (TPSA) is 98.2 Å². The van der Waals surface area contributed by atoms with Crippen LogP contribution in [-0.4, -0.2) is 37.7 Å². The molecule has 0 aliphatic carbocycles. The van der Waals surface area contributed by atoms with Crippen molar-refractivity contribution < 1.29 is 24.6 Å². The van der Waals surface area contributed by atoms with Crippen LogP contribution in [0.1, 0.15) is 108 Å². The van der Waals surface area contributed by atoms with Gasteiger partial charge < -0.3 is 15.0 Å². The Labute approximate surface area is 451 Å². The number of allylic oxidation sites excluding steroid dienone is 2. The molecule has 0 amide bonds. The standard InChI is InChI=1S/2C33H33NO2.C3H6O/c2*1-3-30(28-20-12-6-13-21-28)31(33(35)36)32(29-22-14-7-15-23-29)34(24-26-16-8-4-9-17-26)25(2)27-18-10-5-11-19-27;1-3(2)4/h2*3-23,25,30-32H,1,24H2,2H3,(H,35,36);1-2H3/t2*25-,30+,31-,32-;/m00./s1. The zero-order valence-corrected chi connectivity index (χ0v) is 44.2. The van der Waals surface area contributed by atoms with E-state index in [0.29, 0.717) is 13.1 Å². The van der Waals surface area contributed by atoms with Gasteiger partial charge in [0.25, 0.3) is 0 Å². The summed E-state index contributed by atoms with van der Waals surface area (Å²) in [4.78, 5) is 40.4. The van der Waals surface area contributed by atoms with Crippen LogP contribution >= 0.6 is 0 Å². The highest BCUT2D eigenvalue weighted by Crippen LogP contribution is 2.45. The lowest BCUT2D eigenvalue weighted by atomic mass is 9.77. The van der Waals surface area contributed by atoms with Crippen molar-refractivity contribution in [1.29, 1.82) is 0 Å². The number of carboxylic acids is 2. The van der Waals surface area contributed by atoms with Crippen molar-refractivity contribution >= 4 is 17.7 Å². The molecule has 0 saturated carbocycles. The summed E-state index contributed by atoms with van der Waals surface area (Å²) in [5.41, 5.74) is 8.43. The van der Waals surface area contributed by atoms with Gasteiger partial charge in [0.05, 0.1) is 11.8 Å². The Morgan fingerprint density at radius 3 is 0.816 bits per heavy atom. The summed E-state index contributed by atoms with van der Waals surface area (Å²) >= 11 is 0. The van der Waals surface area contributed by atoms with Crippen molar-refractivity contribution in [3.8, 4) is 0 Å². The molecular formula is C69H72N2O5. The Bertz CT molecular complexity index is 2760. The molecule has 0 aliphatic rings. The molecule has 0 bridgehead atoms. The number of ketones is 1. The van der Waals surface area contributed by atoms with Crippen LogP contribution in [0.25, 0.3) is 0 Å². The third-order valence-corrected chi connectivity index (χ3v) is 13.9. The van der Waals surface area contributed by atoms with Crippen molar-refractivity contribution in [2.24, 2.45) is 11.8 Å². The van der Waals surface area contributed by atoms with Gasteiger partial charge in [0, 0.05) is 49.1 Å².